The van der Waals surface area contributed by atoms with Crippen molar-refractivity contribution < 1.29 is 8.42 Å². The number of sulfone groups is 1. The smallest absolute Gasteiger partial charge is 0.191 e. The van der Waals surface area contributed by atoms with Crippen LogP contribution < -0.4 is 10.6 Å². The summed E-state index contributed by atoms with van der Waals surface area (Å²) in [5.74, 6) is 0.863. The first-order valence-corrected chi connectivity index (χ1v) is 11.0. The zero-order valence-electron chi connectivity index (χ0n) is 15.8. The third-order valence-corrected chi connectivity index (χ3v) is 5.14. The lowest BCUT2D eigenvalue weighted by atomic mass is 9.85. The molecule has 0 heterocycles. The van der Waals surface area contributed by atoms with E-state index in [1.807, 2.05) is 38.1 Å². The summed E-state index contributed by atoms with van der Waals surface area (Å²) >= 11 is 5.96. The van der Waals surface area contributed by atoms with Crippen molar-refractivity contribution in [1.29, 1.82) is 0 Å². The molecule has 1 atom stereocenters. The molecule has 0 aromatic heterocycles. The summed E-state index contributed by atoms with van der Waals surface area (Å²) in [6, 6.07) is 7.84. The average molecular weight is 388 g/mol. The van der Waals surface area contributed by atoms with Gasteiger partial charge in [0.15, 0.2) is 5.96 Å². The number of hydrogen-bond acceptors (Lipinski definition) is 3. The van der Waals surface area contributed by atoms with E-state index in [9.17, 15) is 8.42 Å². The molecule has 0 saturated heterocycles. The predicted molar refractivity (Wildman–Crippen MR) is 107 cm³/mol. The van der Waals surface area contributed by atoms with Crippen LogP contribution >= 0.6 is 11.6 Å². The zero-order valence-corrected chi connectivity index (χ0v) is 17.3. The molecular weight excluding hydrogens is 358 g/mol. The van der Waals surface area contributed by atoms with Crippen molar-refractivity contribution in [3.63, 3.8) is 0 Å². The van der Waals surface area contributed by atoms with Crippen LogP contribution in [0.3, 0.4) is 0 Å². The van der Waals surface area contributed by atoms with Crippen molar-refractivity contribution in [3.05, 3.63) is 34.9 Å². The summed E-state index contributed by atoms with van der Waals surface area (Å²) in [7, 11) is -2.95. The predicted octanol–water partition coefficient (Wildman–Crippen LogP) is 3.00. The van der Waals surface area contributed by atoms with Crippen molar-refractivity contribution in [2.75, 3.05) is 25.1 Å². The number of halogens is 1. The third kappa shape index (κ3) is 8.59. The molecule has 0 bridgehead atoms. The second kappa shape index (κ2) is 9.43. The van der Waals surface area contributed by atoms with Gasteiger partial charge in [0.05, 0.1) is 12.3 Å². The number of hydrogen-bond donors (Lipinski definition) is 2. The van der Waals surface area contributed by atoms with Crippen LogP contribution in [0, 0.1) is 0 Å². The Hall–Kier alpha value is -1.27. The molecule has 0 saturated carbocycles. The molecule has 0 amide bonds. The van der Waals surface area contributed by atoms with Gasteiger partial charge in [-0.3, -0.25) is 4.99 Å². The highest BCUT2D eigenvalue weighted by Gasteiger charge is 2.20. The Morgan fingerprint density at radius 2 is 1.88 bits per heavy atom. The number of nitrogens with one attached hydrogen (secondary N) is 2. The van der Waals surface area contributed by atoms with Crippen LogP contribution in [0.2, 0.25) is 5.02 Å². The summed E-state index contributed by atoms with van der Waals surface area (Å²) in [5.41, 5.74) is 1.03. The molecule has 5 nitrogen and oxygen atoms in total. The molecular formula is C18H30ClN3O2S. The van der Waals surface area contributed by atoms with E-state index in [4.69, 9.17) is 11.6 Å². The van der Waals surface area contributed by atoms with Crippen LogP contribution in [0.15, 0.2) is 29.3 Å². The summed E-state index contributed by atoms with van der Waals surface area (Å²) in [5, 5.41) is 7.21. The van der Waals surface area contributed by atoms with Gasteiger partial charge in [0, 0.05) is 29.3 Å². The topological polar surface area (TPSA) is 70.6 Å². The monoisotopic (exact) mass is 387 g/mol. The van der Waals surface area contributed by atoms with E-state index in [1.165, 1.54) is 11.8 Å². The number of nitrogens with zero attached hydrogens (tertiary/aromatic N) is 1. The van der Waals surface area contributed by atoms with Gasteiger partial charge in [-0.25, -0.2) is 8.42 Å². The minimum atomic E-state index is -2.95. The Kier molecular flexibility index (Phi) is 8.22. The first-order chi connectivity index (χ1) is 11.5. The summed E-state index contributed by atoms with van der Waals surface area (Å²) < 4.78 is 22.6. The molecule has 142 valence electrons. The highest BCUT2D eigenvalue weighted by Crippen LogP contribution is 2.24. The molecule has 0 aliphatic heterocycles. The van der Waals surface area contributed by atoms with Crippen molar-refractivity contribution in [2.24, 2.45) is 4.99 Å². The van der Waals surface area contributed by atoms with Gasteiger partial charge in [0.1, 0.15) is 9.84 Å². The van der Waals surface area contributed by atoms with Crippen molar-refractivity contribution >= 4 is 27.4 Å². The first-order valence-electron chi connectivity index (χ1n) is 8.52. The van der Waals surface area contributed by atoms with Crippen LogP contribution in [-0.4, -0.2) is 45.5 Å². The fourth-order valence-electron chi connectivity index (χ4n) is 2.29. The van der Waals surface area contributed by atoms with E-state index in [0.29, 0.717) is 18.9 Å². The van der Waals surface area contributed by atoms with Crippen molar-refractivity contribution in [3.8, 4) is 0 Å². The lowest BCUT2D eigenvalue weighted by molar-refractivity contribution is 0.533. The molecule has 1 unspecified atom stereocenters. The van der Waals surface area contributed by atoms with E-state index in [1.54, 1.807) is 0 Å². The average Bonchev–Trinajstić information content (AvgIpc) is 2.51. The van der Waals surface area contributed by atoms with Gasteiger partial charge in [-0.05, 0) is 38.0 Å². The Bertz CT molecular complexity index is 670. The molecule has 1 aromatic rings. The van der Waals surface area contributed by atoms with Crippen LogP contribution in [-0.2, 0) is 15.3 Å². The zero-order chi connectivity index (χ0) is 19.1. The summed E-state index contributed by atoms with van der Waals surface area (Å²) in [4.78, 5) is 4.68. The SMILES string of the molecule is CCNC(=NCC(C)(C)c1ccc(Cl)cc1)NC(C)CCS(C)(=O)=O. The van der Waals surface area contributed by atoms with Gasteiger partial charge in [0.2, 0.25) is 0 Å². The lowest BCUT2D eigenvalue weighted by Gasteiger charge is -2.25. The highest BCUT2D eigenvalue weighted by atomic mass is 35.5. The molecule has 0 fully saturated rings. The fraction of sp³-hybridized carbons (Fsp3) is 0.611. The maximum Gasteiger partial charge on any atom is 0.191 e. The van der Waals surface area contributed by atoms with Gasteiger partial charge in [0.25, 0.3) is 0 Å². The molecule has 2 N–H and O–H groups in total. The van der Waals surface area contributed by atoms with Crippen LogP contribution in [0.1, 0.15) is 39.7 Å². The maximum absolute atomic E-state index is 11.3. The lowest BCUT2D eigenvalue weighted by Crippen LogP contribution is -2.43. The Balaban J connectivity index is 2.75. The molecule has 0 aliphatic rings. The molecule has 1 rings (SSSR count). The Morgan fingerprint density at radius 1 is 1.28 bits per heavy atom. The van der Waals surface area contributed by atoms with Gasteiger partial charge in [-0.15, -0.1) is 0 Å². The third-order valence-electron chi connectivity index (χ3n) is 3.91. The van der Waals surface area contributed by atoms with Crippen LogP contribution in [0.25, 0.3) is 0 Å². The van der Waals surface area contributed by atoms with Gasteiger partial charge < -0.3 is 10.6 Å². The standard InChI is InChI=1S/C18H30ClN3O2S/c1-6-20-17(22-14(2)11-12-25(5,23)24)21-13-18(3,4)15-7-9-16(19)10-8-15/h7-10,14H,6,11-13H2,1-5H3,(H2,20,21,22). The summed E-state index contributed by atoms with van der Waals surface area (Å²) in [6.07, 6.45) is 1.80. The van der Waals surface area contributed by atoms with E-state index in [2.05, 4.69) is 29.5 Å². The molecule has 7 heteroatoms. The summed E-state index contributed by atoms with van der Waals surface area (Å²) in [6.45, 7) is 9.58. The molecule has 0 aliphatic carbocycles. The number of aliphatic imine (C=N–C) groups is 1. The van der Waals surface area contributed by atoms with Crippen molar-refractivity contribution in [2.45, 2.75) is 45.6 Å². The first kappa shape index (κ1) is 21.8. The van der Waals surface area contributed by atoms with Crippen LogP contribution in [0.4, 0.5) is 0 Å². The number of benzene rings is 1. The number of rotatable bonds is 8. The van der Waals surface area contributed by atoms with E-state index >= 15 is 0 Å². The largest absolute Gasteiger partial charge is 0.357 e. The quantitative estimate of drug-likeness (QED) is 0.531. The molecule has 25 heavy (non-hydrogen) atoms. The highest BCUT2D eigenvalue weighted by molar-refractivity contribution is 7.90. The molecule has 1 aromatic carbocycles. The van der Waals surface area contributed by atoms with E-state index in [-0.39, 0.29) is 17.2 Å². The fourth-order valence-corrected chi connectivity index (χ4v) is 3.19. The second-order valence-electron chi connectivity index (χ2n) is 7.05. The van der Waals surface area contributed by atoms with Gasteiger partial charge in [-0.1, -0.05) is 37.6 Å². The molecule has 0 radical (unpaired) electrons. The Labute approximate surface area is 157 Å². The van der Waals surface area contributed by atoms with Gasteiger partial charge >= 0.3 is 0 Å². The van der Waals surface area contributed by atoms with Crippen molar-refractivity contribution in [1.82, 2.24) is 10.6 Å². The van der Waals surface area contributed by atoms with E-state index < -0.39 is 9.84 Å². The van der Waals surface area contributed by atoms with E-state index in [0.717, 1.165) is 11.6 Å². The second-order valence-corrected chi connectivity index (χ2v) is 9.75. The van der Waals surface area contributed by atoms with Gasteiger partial charge in [-0.2, -0.15) is 0 Å². The number of guanidine groups is 1. The normalized spacial score (nSPS) is 14.2. The van der Waals surface area contributed by atoms with Crippen LogP contribution in [0.5, 0.6) is 0 Å². The Morgan fingerprint density at radius 3 is 2.40 bits per heavy atom. The minimum Gasteiger partial charge on any atom is -0.357 e. The molecule has 0 spiro atoms. The minimum absolute atomic E-state index is 0.0196. The maximum atomic E-state index is 11.3.